The second kappa shape index (κ2) is 12.2. The molecule has 8 heteroatoms. The van der Waals surface area contributed by atoms with Gasteiger partial charge in [-0.2, -0.15) is 0 Å². The number of likely N-dealkylation sites (N-methyl/N-ethyl adjacent to an activating group) is 1. The van der Waals surface area contributed by atoms with Gasteiger partial charge < -0.3 is 14.5 Å². The molecule has 1 fully saturated rings. The summed E-state index contributed by atoms with van der Waals surface area (Å²) < 4.78 is 5.99. The van der Waals surface area contributed by atoms with Gasteiger partial charge in [0.15, 0.2) is 6.61 Å². The average molecular weight is 540 g/mol. The lowest BCUT2D eigenvalue weighted by molar-refractivity contribution is -0.120. The topological polar surface area (TPSA) is 87.2 Å². The third-order valence-electron chi connectivity index (χ3n) is 7.66. The van der Waals surface area contributed by atoms with Crippen LogP contribution in [0, 0.1) is 5.92 Å². The number of imide groups is 1. The number of carbonyl (C=O) groups excluding carboxylic acids is 4. The zero-order valence-electron chi connectivity index (χ0n) is 22.6. The molecular weight excluding hydrogens is 506 g/mol. The summed E-state index contributed by atoms with van der Waals surface area (Å²) in [6, 6.07) is 23.0. The molecule has 4 amide bonds. The third kappa shape index (κ3) is 5.76. The van der Waals surface area contributed by atoms with Crippen molar-refractivity contribution in [3.63, 3.8) is 0 Å². The summed E-state index contributed by atoms with van der Waals surface area (Å²) >= 11 is 0. The molecule has 0 bridgehead atoms. The molecule has 0 unspecified atom stereocenters. The van der Waals surface area contributed by atoms with Gasteiger partial charge in [0.2, 0.25) is 5.91 Å². The van der Waals surface area contributed by atoms with E-state index in [0.717, 1.165) is 36.3 Å². The maximum Gasteiger partial charge on any atom is 0.264 e. The molecular formula is C32H33N3O5. The molecule has 8 nitrogen and oxygen atoms in total. The van der Waals surface area contributed by atoms with E-state index >= 15 is 0 Å². The summed E-state index contributed by atoms with van der Waals surface area (Å²) in [5.41, 5.74) is 1.89. The second-order valence-electron chi connectivity index (χ2n) is 10.3. The molecule has 5 rings (SSSR count). The van der Waals surface area contributed by atoms with Gasteiger partial charge in [0.05, 0.1) is 16.8 Å². The Kier molecular flexibility index (Phi) is 8.24. The van der Waals surface area contributed by atoms with Crippen molar-refractivity contribution in [2.75, 3.05) is 36.5 Å². The molecule has 0 saturated heterocycles. The number of carbonyl (C=O) groups is 4. The van der Waals surface area contributed by atoms with Crippen molar-refractivity contribution in [1.82, 2.24) is 4.90 Å². The Morgan fingerprint density at radius 3 is 2.08 bits per heavy atom. The van der Waals surface area contributed by atoms with E-state index < -0.39 is 11.8 Å². The molecule has 0 radical (unpaired) electrons. The number of nitrogens with zero attached hydrogens (tertiary/aromatic N) is 3. The van der Waals surface area contributed by atoms with E-state index in [1.807, 2.05) is 36.4 Å². The molecule has 3 aromatic rings. The monoisotopic (exact) mass is 539 g/mol. The number of amides is 4. The summed E-state index contributed by atoms with van der Waals surface area (Å²) in [6.07, 6.45) is 5.38. The van der Waals surface area contributed by atoms with Gasteiger partial charge in [0.1, 0.15) is 12.3 Å². The minimum absolute atomic E-state index is 0.216. The SMILES string of the molecule is CN(C(=O)COc1ccccc1N(CC1CCCCC1)C(=O)CN1C(=O)c2ccccc2C1=O)c1ccccc1. The van der Waals surface area contributed by atoms with Gasteiger partial charge in [-0.15, -0.1) is 0 Å². The maximum atomic E-state index is 13.8. The summed E-state index contributed by atoms with van der Waals surface area (Å²) in [7, 11) is 1.69. The van der Waals surface area contributed by atoms with Gasteiger partial charge in [0.25, 0.3) is 17.7 Å². The largest absolute Gasteiger partial charge is 0.482 e. The van der Waals surface area contributed by atoms with E-state index in [1.54, 1.807) is 54.4 Å². The van der Waals surface area contributed by atoms with Crippen LogP contribution in [-0.2, 0) is 9.59 Å². The van der Waals surface area contributed by atoms with E-state index in [2.05, 4.69) is 0 Å². The maximum absolute atomic E-state index is 13.8. The van der Waals surface area contributed by atoms with E-state index in [4.69, 9.17) is 4.74 Å². The highest BCUT2D eigenvalue weighted by molar-refractivity contribution is 6.22. The zero-order valence-corrected chi connectivity index (χ0v) is 22.6. The van der Waals surface area contributed by atoms with E-state index in [0.29, 0.717) is 35.0 Å². The molecule has 1 aliphatic heterocycles. The Bertz CT molecular complexity index is 1370. The smallest absolute Gasteiger partial charge is 0.264 e. The normalized spacial score (nSPS) is 15.1. The van der Waals surface area contributed by atoms with Crippen molar-refractivity contribution in [2.45, 2.75) is 32.1 Å². The molecule has 2 aliphatic rings. The van der Waals surface area contributed by atoms with Crippen LogP contribution in [0.4, 0.5) is 11.4 Å². The van der Waals surface area contributed by atoms with Gasteiger partial charge in [-0.25, -0.2) is 0 Å². The standard InChI is InChI=1S/C32H33N3O5/c1-33(24-14-6-3-7-15-24)30(37)22-40-28-19-11-10-18-27(28)34(20-23-12-4-2-5-13-23)29(36)21-35-31(38)25-16-8-9-17-26(25)32(35)39/h3,6-11,14-19,23H,2,4-5,12-13,20-22H2,1H3. The van der Waals surface area contributed by atoms with Crippen LogP contribution < -0.4 is 14.5 Å². The van der Waals surface area contributed by atoms with Crippen molar-refractivity contribution in [3.8, 4) is 5.75 Å². The lowest BCUT2D eigenvalue weighted by atomic mass is 9.88. The summed E-state index contributed by atoms with van der Waals surface area (Å²) in [6.45, 7) is -0.143. The first kappa shape index (κ1) is 27.1. The number of rotatable bonds is 9. The van der Waals surface area contributed by atoms with Crippen LogP contribution in [0.15, 0.2) is 78.9 Å². The van der Waals surface area contributed by atoms with Crippen LogP contribution >= 0.6 is 0 Å². The van der Waals surface area contributed by atoms with Crippen LogP contribution in [0.5, 0.6) is 5.75 Å². The van der Waals surface area contributed by atoms with Gasteiger partial charge >= 0.3 is 0 Å². The predicted molar refractivity (Wildman–Crippen MR) is 153 cm³/mol. The number of ether oxygens (including phenoxy) is 1. The van der Waals surface area contributed by atoms with E-state index in [9.17, 15) is 19.2 Å². The number of hydrogen-bond donors (Lipinski definition) is 0. The molecule has 1 aliphatic carbocycles. The Labute approximate surface area is 234 Å². The number of anilines is 2. The fraction of sp³-hybridized carbons (Fsp3) is 0.312. The van der Waals surface area contributed by atoms with Crippen molar-refractivity contribution in [2.24, 2.45) is 5.92 Å². The summed E-state index contributed by atoms with van der Waals surface area (Å²) in [5.74, 6) is -0.861. The second-order valence-corrected chi connectivity index (χ2v) is 10.3. The van der Waals surface area contributed by atoms with Crippen LogP contribution in [0.25, 0.3) is 0 Å². The first-order valence-corrected chi connectivity index (χ1v) is 13.7. The Morgan fingerprint density at radius 2 is 1.40 bits per heavy atom. The van der Waals surface area contributed by atoms with Crippen molar-refractivity contribution < 1.29 is 23.9 Å². The predicted octanol–water partition coefficient (Wildman–Crippen LogP) is 4.94. The van der Waals surface area contributed by atoms with Crippen molar-refractivity contribution in [1.29, 1.82) is 0 Å². The van der Waals surface area contributed by atoms with Gasteiger partial charge in [-0.05, 0) is 55.2 Å². The average Bonchev–Trinajstić information content (AvgIpc) is 3.24. The highest BCUT2D eigenvalue weighted by atomic mass is 16.5. The van der Waals surface area contributed by atoms with Crippen LogP contribution in [0.1, 0.15) is 52.8 Å². The van der Waals surface area contributed by atoms with Crippen molar-refractivity contribution in [3.05, 3.63) is 90.0 Å². The van der Waals surface area contributed by atoms with Gasteiger partial charge in [-0.3, -0.25) is 24.1 Å². The number of para-hydroxylation sites is 3. The molecule has 0 aromatic heterocycles. The Balaban J connectivity index is 1.36. The zero-order chi connectivity index (χ0) is 28.1. The quantitative estimate of drug-likeness (QED) is 0.360. The lowest BCUT2D eigenvalue weighted by Crippen LogP contribution is -2.45. The molecule has 3 aromatic carbocycles. The highest BCUT2D eigenvalue weighted by Crippen LogP contribution is 2.33. The number of hydrogen-bond acceptors (Lipinski definition) is 5. The van der Waals surface area contributed by atoms with Crippen LogP contribution in [-0.4, -0.2) is 55.3 Å². The highest BCUT2D eigenvalue weighted by Gasteiger charge is 2.38. The Hall–Kier alpha value is -4.46. The molecule has 206 valence electrons. The number of benzene rings is 3. The molecule has 40 heavy (non-hydrogen) atoms. The minimum atomic E-state index is -0.467. The molecule has 1 heterocycles. The lowest BCUT2D eigenvalue weighted by Gasteiger charge is -2.32. The molecule has 1 saturated carbocycles. The number of fused-ring (bicyclic) bond motifs is 1. The van der Waals surface area contributed by atoms with Crippen LogP contribution in [0.2, 0.25) is 0 Å². The van der Waals surface area contributed by atoms with E-state index in [1.165, 1.54) is 11.3 Å². The summed E-state index contributed by atoms with van der Waals surface area (Å²) in [4.78, 5) is 56.9. The molecule has 0 atom stereocenters. The first-order chi connectivity index (χ1) is 19.4. The van der Waals surface area contributed by atoms with Gasteiger partial charge in [-0.1, -0.05) is 61.7 Å². The fourth-order valence-electron chi connectivity index (χ4n) is 5.40. The van der Waals surface area contributed by atoms with Crippen LogP contribution in [0.3, 0.4) is 0 Å². The molecule has 0 N–H and O–H groups in total. The Morgan fingerprint density at radius 1 is 0.800 bits per heavy atom. The van der Waals surface area contributed by atoms with Gasteiger partial charge in [0, 0.05) is 19.3 Å². The van der Waals surface area contributed by atoms with E-state index in [-0.39, 0.29) is 25.0 Å². The van der Waals surface area contributed by atoms with Crippen molar-refractivity contribution >= 4 is 35.0 Å². The first-order valence-electron chi connectivity index (χ1n) is 13.7. The third-order valence-corrected chi connectivity index (χ3v) is 7.66. The molecule has 0 spiro atoms. The fourth-order valence-corrected chi connectivity index (χ4v) is 5.40. The summed E-state index contributed by atoms with van der Waals surface area (Å²) in [5, 5.41) is 0. The minimum Gasteiger partial charge on any atom is -0.482 e.